The molecule has 120 valence electrons. The van der Waals surface area contributed by atoms with E-state index in [1.54, 1.807) is 19.0 Å². The third kappa shape index (κ3) is 12.5. The zero-order valence-electron chi connectivity index (χ0n) is 13.5. The number of rotatable bonds is 8. The maximum atomic E-state index is 11.5. The molecule has 0 atom stereocenters. The summed E-state index contributed by atoms with van der Waals surface area (Å²) < 4.78 is 0. The highest BCUT2D eigenvalue weighted by molar-refractivity contribution is 14.0. The first kappa shape index (κ1) is 21.8. The SMILES string of the molecule is CCCCCNC(=NCC(=O)N(C)C)NCC(C)C.I. The van der Waals surface area contributed by atoms with E-state index in [0.717, 1.165) is 25.5 Å². The highest BCUT2D eigenvalue weighted by Gasteiger charge is 2.04. The number of unbranched alkanes of at least 4 members (excludes halogenated alkanes) is 2. The summed E-state index contributed by atoms with van der Waals surface area (Å²) in [5, 5.41) is 6.53. The topological polar surface area (TPSA) is 56.7 Å². The van der Waals surface area contributed by atoms with Crippen LogP contribution in [-0.2, 0) is 4.79 Å². The fourth-order valence-electron chi connectivity index (χ4n) is 1.35. The minimum atomic E-state index is 0. The van der Waals surface area contributed by atoms with Gasteiger partial charge in [0.1, 0.15) is 6.54 Å². The van der Waals surface area contributed by atoms with Gasteiger partial charge in [-0.3, -0.25) is 4.79 Å². The van der Waals surface area contributed by atoms with E-state index >= 15 is 0 Å². The van der Waals surface area contributed by atoms with Crippen LogP contribution in [-0.4, -0.2) is 50.5 Å². The molecule has 0 aromatic heterocycles. The normalized spacial score (nSPS) is 11.0. The van der Waals surface area contributed by atoms with Gasteiger partial charge in [-0.15, -0.1) is 24.0 Å². The number of nitrogens with zero attached hydrogens (tertiary/aromatic N) is 2. The first-order chi connectivity index (χ1) is 8.97. The molecule has 0 aliphatic heterocycles. The number of guanidine groups is 1. The molecule has 0 saturated carbocycles. The Morgan fingerprint density at radius 1 is 1.20 bits per heavy atom. The van der Waals surface area contributed by atoms with E-state index in [1.807, 2.05) is 0 Å². The lowest BCUT2D eigenvalue weighted by atomic mass is 10.2. The lowest BCUT2D eigenvalue weighted by molar-refractivity contribution is -0.127. The number of hydrogen-bond donors (Lipinski definition) is 2. The predicted octanol–water partition coefficient (Wildman–Crippen LogP) is 2.07. The highest BCUT2D eigenvalue weighted by Crippen LogP contribution is 1.92. The smallest absolute Gasteiger partial charge is 0.243 e. The largest absolute Gasteiger partial charge is 0.356 e. The summed E-state index contributed by atoms with van der Waals surface area (Å²) in [5.74, 6) is 1.30. The summed E-state index contributed by atoms with van der Waals surface area (Å²) in [6.45, 7) is 8.42. The van der Waals surface area contributed by atoms with Crippen molar-refractivity contribution < 1.29 is 4.79 Å². The van der Waals surface area contributed by atoms with Crippen LogP contribution < -0.4 is 10.6 Å². The van der Waals surface area contributed by atoms with Gasteiger partial charge in [-0.2, -0.15) is 0 Å². The number of halogens is 1. The number of carbonyl (C=O) groups is 1. The Bertz CT molecular complexity index is 280. The van der Waals surface area contributed by atoms with Crippen LogP contribution in [0.3, 0.4) is 0 Å². The van der Waals surface area contributed by atoms with Crippen molar-refractivity contribution in [3.8, 4) is 0 Å². The Labute approximate surface area is 141 Å². The summed E-state index contributed by atoms with van der Waals surface area (Å²) in [7, 11) is 3.49. The van der Waals surface area contributed by atoms with Crippen LogP contribution in [0, 0.1) is 5.92 Å². The lowest BCUT2D eigenvalue weighted by Gasteiger charge is -2.15. The molecular formula is C14H31IN4O. The molecule has 0 spiro atoms. The number of likely N-dealkylation sites (N-methyl/N-ethyl adjacent to an activating group) is 1. The van der Waals surface area contributed by atoms with Gasteiger partial charge >= 0.3 is 0 Å². The average Bonchev–Trinajstić information content (AvgIpc) is 2.35. The Balaban J connectivity index is 0. The number of carbonyl (C=O) groups excluding carboxylic acids is 1. The molecule has 0 radical (unpaired) electrons. The van der Waals surface area contributed by atoms with E-state index in [0.29, 0.717) is 5.92 Å². The van der Waals surface area contributed by atoms with Gasteiger partial charge in [-0.25, -0.2) is 4.99 Å². The van der Waals surface area contributed by atoms with Gasteiger partial charge in [-0.1, -0.05) is 33.6 Å². The van der Waals surface area contributed by atoms with Crippen molar-refractivity contribution in [1.29, 1.82) is 0 Å². The Morgan fingerprint density at radius 2 is 1.85 bits per heavy atom. The van der Waals surface area contributed by atoms with E-state index in [-0.39, 0.29) is 36.4 Å². The first-order valence-electron chi connectivity index (χ1n) is 7.19. The fourth-order valence-corrected chi connectivity index (χ4v) is 1.35. The van der Waals surface area contributed by atoms with Crippen molar-refractivity contribution in [3.05, 3.63) is 0 Å². The zero-order valence-corrected chi connectivity index (χ0v) is 15.9. The minimum absolute atomic E-state index is 0. The van der Waals surface area contributed by atoms with Crippen LogP contribution in [0.2, 0.25) is 0 Å². The lowest BCUT2D eigenvalue weighted by Crippen LogP contribution is -2.40. The van der Waals surface area contributed by atoms with Crippen LogP contribution in [0.5, 0.6) is 0 Å². The van der Waals surface area contributed by atoms with Gasteiger partial charge in [0.25, 0.3) is 0 Å². The average molecular weight is 398 g/mol. The van der Waals surface area contributed by atoms with E-state index in [1.165, 1.54) is 12.8 Å². The van der Waals surface area contributed by atoms with Gasteiger partial charge in [0.2, 0.25) is 5.91 Å². The second-order valence-corrected chi connectivity index (χ2v) is 5.36. The molecule has 0 saturated heterocycles. The Hall–Kier alpha value is -0.530. The summed E-state index contributed by atoms with van der Waals surface area (Å²) in [6.07, 6.45) is 3.54. The van der Waals surface area contributed by atoms with Crippen molar-refractivity contribution in [2.24, 2.45) is 10.9 Å². The fraction of sp³-hybridized carbons (Fsp3) is 0.857. The van der Waals surface area contributed by atoms with E-state index in [4.69, 9.17) is 0 Å². The maximum Gasteiger partial charge on any atom is 0.243 e. The maximum absolute atomic E-state index is 11.5. The number of hydrogen-bond acceptors (Lipinski definition) is 2. The van der Waals surface area contributed by atoms with Crippen LogP contribution in [0.4, 0.5) is 0 Å². The van der Waals surface area contributed by atoms with Gasteiger partial charge in [0.05, 0.1) is 0 Å². The molecule has 0 aliphatic carbocycles. The van der Waals surface area contributed by atoms with Gasteiger partial charge in [-0.05, 0) is 12.3 Å². The van der Waals surface area contributed by atoms with Crippen molar-refractivity contribution >= 4 is 35.8 Å². The molecule has 20 heavy (non-hydrogen) atoms. The first-order valence-corrected chi connectivity index (χ1v) is 7.19. The molecule has 0 heterocycles. The molecule has 1 amide bonds. The molecule has 0 bridgehead atoms. The van der Waals surface area contributed by atoms with Crippen LogP contribution >= 0.6 is 24.0 Å². The summed E-state index contributed by atoms with van der Waals surface area (Å²) in [4.78, 5) is 17.4. The van der Waals surface area contributed by atoms with Gasteiger partial charge in [0.15, 0.2) is 5.96 Å². The second-order valence-electron chi connectivity index (χ2n) is 5.36. The zero-order chi connectivity index (χ0) is 14.7. The molecule has 6 heteroatoms. The predicted molar refractivity (Wildman–Crippen MR) is 96.8 cm³/mol. The molecule has 0 aromatic carbocycles. The standard InChI is InChI=1S/C14H30N4O.HI/c1-6-7-8-9-15-14(16-10-12(2)3)17-11-13(19)18(4)5;/h12H,6-11H2,1-5H3,(H2,15,16,17);1H. The Kier molecular flexibility index (Phi) is 14.6. The van der Waals surface area contributed by atoms with E-state index in [9.17, 15) is 4.79 Å². The van der Waals surface area contributed by atoms with Crippen LogP contribution in [0.25, 0.3) is 0 Å². The summed E-state index contributed by atoms with van der Waals surface area (Å²) in [5.41, 5.74) is 0. The number of aliphatic imine (C=N–C) groups is 1. The van der Waals surface area contributed by atoms with Gasteiger partial charge in [0, 0.05) is 27.2 Å². The molecular weight excluding hydrogens is 367 g/mol. The van der Waals surface area contributed by atoms with Crippen molar-refractivity contribution in [3.63, 3.8) is 0 Å². The quantitative estimate of drug-likeness (QED) is 0.285. The molecule has 2 N–H and O–H groups in total. The molecule has 0 aliphatic rings. The van der Waals surface area contributed by atoms with E-state index in [2.05, 4.69) is 36.4 Å². The third-order valence-electron chi connectivity index (χ3n) is 2.62. The summed E-state index contributed by atoms with van der Waals surface area (Å²) >= 11 is 0. The molecule has 0 rings (SSSR count). The molecule has 0 aromatic rings. The second kappa shape index (κ2) is 13.5. The summed E-state index contributed by atoms with van der Waals surface area (Å²) in [6, 6.07) is 0. The van der Waals surface area contributed by atoms with Crippen molar-refractivity contribution in [2.45, 2.75) is 40.0 Å². The monoisotopic (exact) mass is 398 g/mol. The number of amides is 1. The minimum Gasteiger partial charge on any atom is -0.356 e. The van der Waals surface area contributed by atoms with Gasteiger partial charge < -0.3 is 15.5 Å². The third-order valence-corrected chi connectivity index (χ3v) is 2.62. The number of nitrogens with one attached hydrogen (secondary N) is 2. The highest BCUT2D eigenvalue weighted by atomic mass is 127. The molecule has 5 nitrogen and oxygen atoms in total. The molecule has 0 fully saturated rings. The van der Waals surface area contributed by atoms with E-state index < -0.39 is 0 Å². The van der Waals surface area contributed by atoms with Crippen LogP contribution in [0.1, 0.15) is 40.0 Å². The van der Waals surface area contributed by atoms with Crippen LogP contribution in [0.15, 0.2) is 4.99 Å². The Morgan fingerprint density at radius 3 is 2.35 bits per heavy atom. The van der Waals surface area contributed by atoms with Crippen molar-refractivity contribution in [1.82, 2.24) is 15.5 Å². The van der Waals surface area contributed by atoms with Crippen molar-refractivity contribution in [2.75, 3.05) is 33.7 Å². The molecule has 0 unspecified atom stereocenters.